The number of thioether (sulfide) groups is 1. The maximum absolute atomic E-state index is 7.01. The van der Waals surface area contributed by atoms with Crippen molar-refractivity contribution in [3.8, 4) is 0 Å². The fraction of sp³-hybridized carbons (Fsp3) is 0.212. The highest BCUT2D eigenvalue weighted by molar-refractivity contribution is 7.99. The second-order valence-corrected chi connectivity index (χ2v) is 28.5. The first kappa shape index (κ1) is 44.9. The first-order valence-electron chi connectivity index (χ1n) is 26.0. The summed E-state index contributed by atoms with van der Waals surface area (Å²) in [5.41, 5.74) is 13.8. The van der Waals surface area contributed by atoms with Gasteiger partial charge in [-0.25, -0.2) is 0 Å². The molecule has 1 saturated carbocycles. The second kappa shape index (κ2) is 17.4. The standard InChI is InChI=1S/C66H60N2O2SSi/c1-40(2)71-47-29-33-55(41(3)35-47)67(57-23-15-21-51-49-19-11-13-25-61(49)69-65(51)57)59-39-60(54-32-28-45-38-46(43-17-9-8-10-18-43)37-44-27-31-53(59)64(54)63(44)45)68(56-34-30-48(36-42(56)4)72(5,6)7)58-24-16-22-52-50-20-12-14-26-62(50)70-66(52)58/h11-16,19-40,43H,8-10,17-18H2,1-7H3. The normalized spacial score (nSPS) is 13.9. The van der Waals surface area contributed by atoms with Gasteiger partial charge in [0.1, 0.15) is 11.2 Å². The van der Waals surface area contributed by atoms with Crippen molar-refractivity contribution >= 4 is 135 Å². The highest BCUT2D eigenvalue weighted by atomic mass is 32.2. The van der Waals surface area contributed by atoms with Crippen molar-refractivity contribution in [1.29, 1.82) is 0 Å². The molecule has 0 amide bonds. The minimum Gasteiger partial charge on any atom is -0.454 e. The SMILES string of the molecule is Cc1cc(SC(C)C)ccc1N(c1cc(N(c2ccc([Si](C)(C)C)cc2C)c2cccc3c2oc2ccccc23)c2ccc3cc(C4CCCCC4)cc4ccc1c2c43)c1cccc2c1oc1ccccc12. The Morgan fingerprint density at radius 3 is 1.53 bits per heavy atom. The number of fused-ring (bicyclic) bond motifs is 6. The molecule has 356 valence electrons. The molecule has 10 aromatic carbocycles. The predicted octanol–water partition coefficient (Wildman–Crippen LogP) is 20.0. The summed E-state index contributed by atoms with van der Waals surface area (Å²) in [6, 6.07) is 61.6. The Balaban J connectivity index is 1.18. The highest BCUT2D eigenvalue weighted by Gasteiger charge is 2.30. The lowest BCUT2D eigenvalue weighted by molar-refractivity contribution is 0.444. The zero-order valence-corrected chi connectivity index (χ0v) is 44.2. The molecule has 72 heavy (non-hydrogen) atoms. The van der Waals surface area contributed by atoms with Gasteiger partial charge in [0.25, 0.3) is 0 Å². The van der Waals surface area contributed by atoms with Crippen LogP contribution in [0.3, 0.4) is 0 Å². The van der Waals surface area contributed by atoms with Gasteiger partial charge in [-0.05, 0) is 120 Å². The van der Waals surface area contributed by atoms with Crippen LogP contribution in [0.5, 0.6) is 0 Å². The van der Waals surface area contributed by atoms with Crippen LogP contribution in [0.25, 0.3) is 76.2 Å². The number of benzene rings is 10. The van der Waals surface area contributed by atoms with Gasteiger partial charge >= 0.3 is 0 Å². The van der Waals surface area contributed by atoms with E-state index in [9.17, 15) is 0 Å². The molecule has 2 heterocycles. The minimum absolute atomic E-state index is 0.458. The largest absolute Gasteiger partial charge is 0.454 e. The van der Waals surface area contributed by atoms with Crippen LogP contribution in [0, 0.1) is 13.8 Å². The summed E-state index contributed by atoms with van der Waals surface area (Å²) >= 11 is 1.91. The summed E-state index contributed by atoms with van der Waals surface area (Å²) in [5.74, 6) is 0.591. The molecule has 0 radical (unpaired) electrons. The Hall–Kier alpha value is -6.99. The van der Waals surface area contributed by atoms with Crippen LogP contribution in [0.4, 0.5) is 34.1 Å². The van der Waals surface area contributed by atoms with Gasteiger partial charge < -0.3 is 18.6 Å². The van der Waals surface area contributed by atoms with E-state index in [1.54, 1.807) is 0 Å². The molecule has 0 spiro atoms. The van der Waals surface area contributed by atoms with Crippen LogP contribution in [0.15, 0.2) is 178 Å². The van der Waals surface area contributed by atoms with E-state index in [4.69, 9.17) is 8.83 Å². The van der Waals surface area contributed by atoms with E-state index in [2.05, 4.69) is 221 Å². The molecular formula is C66H60N2O2SSi. The summed E-state index contributed by atoms with van der Waals surface area (Å²) in [4.78, 5) is 6.29. The quantitative estimate of drug-likeness (QED) is 0.0775. The third-order valence-corrected chi connectivity index (χ3v) is 18.6. The second-order valence-electron chi connectivity index (χ2n) is 21.7. The average Bonchev–Trinajstić information content (AvgIpc) is 3.96. The molecule has 0 aliphatic heterocycles. The van der Waals surface area contributed by atoms with E-state index in [-0.39, 0.29) is 0 Å². The fourth-order valence-corrected chi connectivity index (χ4v) is 14.3. The first-order chi connectivity index (χ1) is 35.0. The Labute approximate surface area is 427 Å². The van der Waals surface area contributed by atoms with Crippen LogP contribution in [-0.2, 0) is 0 Å². The number of aryl methyl sites for hydroxylation is 2. The molecule has 0 bridgehead atoms. The first-order valence-corrected chi connectivity index (χ1v) is 30.4. The number of nitrogens with zero attached hydrogens (tertiary/aromatic N) is 2. The summed E-state index contributed by atoms with van der Waals surface area (Å²) < 4.78 is 14.0. The Morgan fingerprint density at radius 2 is 1.00 bits per heavy atom. The molecule has 1 aliphatic carbocycles. The summed E-state index contributed by atoms with van der Waals surface area (Å²) in [5, 5.41) is 13.9. The number of furan rings is 2. The van der Waals surface area contributed by atoms with Crippen molar-refractivity contribution in [2.24, 2.45) is 0 Å². The van der Waals surface area contributed by atoms with Crippen molar-refractivity contribution in [2.45, 2.75) is 95.5 Å². The van der Waals surface area contributed by atoms with Gasteiger partial charge in [-0.3, -0.25) is 0 Å². The number of para-hydroxylation sites is 4. The smallest absolute Gasteiger partial charge is 0.159 e. The van der Waals surface area contributed by atoms with E-state index in [1.807, 2.05) is 11.8 Å². The third-order valence-electron chi connectivity index (χ3n) is 15.6. The average molecular weight is 973 g/mol. The lowest BCUT2D eigenvalue weighted by Gasteiger charge is -2.34. The van der Waals surface area contributed by atoms with Crippen molar-refractivity contribution < 1.29 is 8.83 Å². The molecule has 1 fully saturated rings. The molecule has 1 aliphatic rings. The Morgan fingerprint density at radius 1 is 0.472 bits per heavy atom. The van der Waals surface area contributed by atoms with Crippen LogP contribution < -0.4 is 15.0 Å². The molecule has 0 unspecified atom stereocenters. The number of anilines is 6. The molecule has 2 aromatic heterocycles. The van der Waals surface area contributed by atoms with Gasteiger partial charge in [0.15, 0.2) is 11.2 Å². The van der Waals surface area contributed by atoms with Gasteiger partial charge in [0.2, 0.25) is 0 Å². The van der Waals surface area contributed by atoms with E-state index >= 15 is 0 Å². The molecular weight excluding hydrogens is 913 g/mol. The van der Waals surface area contributed by atoms with E-state index in [1.165, 1.54) is 91.2 Å². The number of hydrogen-bond donors (Lipinski definition) is 0. The van der Waals surface area contributed by atoms with E-state index in [0.29, 0.717) is 11.2 Å². The predicted molar refractivity (Wildman–Crippen MR) is 313 cm³/mol. The molecule has 12 aromatic rings. The lowest BCUT2D eigenvalue weighted by Crippen LogP contribution is -2.37. The fourth-order valence-electron chi connectivity index (χ4n) is 12.1. The van der Waals surface area contributed by atoms with Gasteiger partial charge in [-0.1, -0.05) is 167 Å². The third kappa shape index (κ3) is 7.39. The van der Waals surface area contributed by atoms with Crippen LogP contribution in [0.1, 0.15) is 68.6 Å². The summed E-state index contributed by atoms with van der Waals surface area (Å²) in [7, 11) is -1.66. The van der Waals surface area contributed by atoms with Crippen molar-refractivity contribution in [3.05, 3.63) is 180 Å². The van der Waals surface area contributed by atoms with E-state index in [0.717, 1.165) is 78.0 Å². The van der Waals surface area contributed by atoms with Crippen LogP contribution >= 0.6 is 11.8 Å². The van der Waals surface area contributed by atoms with Gasteiger partial charge in [-0.15, -0.1) is 11.8 Å². The topological polar surface area (TPSA) is 32.8 Å². The Kier molecular flexibility index (Phi) is 10.8. The van der Waals surface area contributed by atoms with Crippen LogP contribution in [0.2, 0.25) is 19.6 Å². The highest BCUT2D eigenvalue weighted by Crippen LogP contribution is 2.54. The van der Waals surface area contributed by atoms with Crippen LogP contribution in [-0.4, -0.2) is 13.3 Å². The summed E-state index contributed by atoms with van der Waals surface area (Å²) in [6.45, 7) is 16.4. The number of rotatable bonds is 10. The molecule has 6 heteroatoms. The van der Waals surface area contributed by atoms with Crippen molar-refractivity contribution in [3.63, 3.8) is 0 Å². The van der Waals surface area contributed by atoms with E-state index < -0.39 is 8.07 Å². The van der Waals surface area contributed by atoms with Gasteiger partial charge in [0.05, 0.1) is 30.8 Å². The van der Waals surface area contributed by atoms with Crippen molar-refractivity contribution in [2.75, 3.05) is 9.80 Å². The molecule has 13 rings (SSSR count). The molecule has 0 atom stereocenters. The Bertz CT molecular complexity index is 4060. The maximum atomic E-state index is 7.01. The maximum Gasteiger partial charge on any atom is 0.159 e. The molecule has 0 N–H and O–H groups in total. The van der Waals surface area contributed by atoms with Gasteiger partial charge in [-0.2, -0.15) is 0 Å². The van der Waals surface area contributed by atoms with Gasteiger partial charge in [0, 0.05) is 59.2 Å². The zero-order chi connectivity index (χ0) is 49.0. The molecule has 4 nitrogen and oxygen atoms in total. The summed E-state index contributed by atoms with van der Waals surface area (Å²) in [6.07, 6.45) is 6.47. The number of hydrogen-bond acceptors (Lipinski definition) is 5. The monoisotopic (exact) mass is 972 g/mol. The van der Waals surface area contributed by atoms with Crippen molar-refractivity contribution in [1.82, 2.24) is 0 Å². The lowest BCUT2D eigenvalue weighted by atomic mass is 9.82. The zero-order valence-electron chi connectivity index (χ0n) is 42.4. The minimum atomic E-state index is -1.66. The molecule has 0 saturated heterocycles.